The van der Waals surface area contributed by atoms with Gasteiger partial charge >= 0.3 is 12.2 Å². The number of carbonyl (C=O) groups is 1. The van der Waals surface area contributed by atoms with Gasteiger partial charge in [-0.2, -0.15) is 13.2 Å². The van der Waals surface area contributed by atoms with Crippen LogP contribution in [-0.2, 0) is 12.7 Å². The van der Waals surface area contributed by atoms with E-state index in [1.54, 1.807) is 4.90 Å². The maximum Gasteiger partial charge on any atom is 0.416 e. The number of benzene rings is 2. The topological polar surface area (TPSA) is 35.6 Å². The highest BCUT2D eigenvalue weighted by atomic mass is 19.4. The number of alkyl halides is 3. The van der Waals surface area contributed by atoms with Gasteiger partial charge < -0.3 is 15.1 Å². The second kappa shape index (κ2) is 10.9. The number of hydrogen-bond acceptors (Lipinski definition) is 2. The summed E-state index contributed by atoms with van der Waals surface area (Å²) in [5, 5.41) is 2.76. The van der Waals surface area contributed by atoms with E-state index in [9.17, 15) is 18.0 Å². The second-order valence-electron chi connectivity index (χ2n) is 8.65. The lowest BCUT2D eigenvalue weighted by Crippen LogP contribution is -2.40. The van der Waals surface area contributed by atoms with Crippen molar-refractivity contribution >= 4 is 11.7 Å². The number of anilines is 1. The van der Waals surface area contributed by atoms with Crippen LogP contribution in [0.15, 0.2) is 48.5 Å². The van der Waals surface area contributed by atoms with Gasteiger partial charge in [0, 0.05) is 31.4 Å². The largest absolute Gasteiger partial charge is 0.416 e. The normalized spacial score (nSPS) is 17.2. The van der Waals surface area contributed by atoms with Crippen LogP contribution in [0.25, 0.3) is 0 Å². The molecule has 1 atom stereocenters. The number of aryl methyl sites for hydroxylation is 1. The average Bonchev–Trinajstić information content (AvgIpc) is 2.75. The summed E-state index contributed by atoms with van der Waals surface area (Å²) in [5.41, 5.74) is 1.78. The molecule has 2 amide bonds. The molecule has 7 heteroatoms. The van der Waals surface area contributed by atoms with Crippen molar-refractivity contribution in [3.63, 3.8) is 0 Å². The van der Waals surface area contributed by atoms with E-state index in [0.717, 1.165) is 42.8 Å². The van der Waals surface area contributed by atoms with Crippen LogP contribution in [0.4, 0.5) is 23.7 Å². The number of urea groups is 1. The van der Waals surface area contributed by atoms with Gasteiger partial charge in [-0.25, -0.2) is 4.79 Å². The molecule has 3 rings (SSSR count). The Labute approximate surface area is 188 Å². The first kappa shape index (κ1) is 24.1. The van der Waals surface area contributed by atoms with E-state index < -0.39 is 11.7 Å². The summed E-state index contributed by atoms with van der Waals surface area (Å²) >= 11 is 0. The Kier molecular flexibility index (Phi) is 8.18. The maximum absolute atomic E-state index is 13.0. The zero-order chi connectivity index (χ0) is 23.1. The summed E-state index contributed by atoms with van der Waals surface area (Å²) in [4.78, 5) is 17.2. The molecule has 0 aliphatic carbocycles. The molecule has 2 aromatic carbocycles. The molecule has 174 valence electrons. The lowest BCUT2D eigenvalue weighted by Gasteiger charge is -2.34. The fourth-order valence-corrected chi connectivity index (χ4v) is 4.07. The molecule has 1 fully saturated rings. The Hall–Kier alpha value is -2.54. The molecule has 1 heterocycles. The Balaban J connectivity index is 1.64. The number of halogens is 3. The van der Waals surface area contributed by atoms with Crippen molar-refractivity contribution in [2.75, 3.05) is 25.0 Å². The smallest absolute Gasteiger partial charge is 0.320 e. The Morgan fingerprint density at radius 3 is 2.41 bits per heavy atom. The fourth-order valence-electron chi connectivity index (χ4n) is 4.07. The molecule has 0 saturated carbocycles. The molecule has 1 aliphatic heterocycles. The quantitative estimate of drug-likeness (QED) is 0.540. The predicted molar refractivity (Wildman–Crippen MR) is 122 cm³/mol. The van der Waals surface area contributed by atoms with E-state index in [1.807, 2.05) is 31.2 Å². The Morgan fingerprint density at radius 2 is 1.78 bits per heavy atom. The average molecular weight is 448 g/mol. The van der Waals surface area contributed by atoms with Crippen LogP contribution in [0.1, 0.15) is 49.3 Å². The van der Waals surface area contributed by atoms with Crippen LogP contribution in [0.3, 0.4) is 0 Å². The van der Waals surface area contributed by atoms with Crippen LogP contribution in [0.5, 0.6) is 0 Å². The highest BCUT2D eigenvalue weighted by Gasteiger charge is 2.30. The van der Waals surface area contributed by atoms with Crippen LogP contribution >= 0.6 is 0 Å². The number of rotatable bonds is 7. The molecular weight excluding hydrogens is 415 g/mol. The lowest BCUT2D eigenvalue weighted by atomic mass is 10.0. The number of piperidine rings is 1. The first-order chi connectivity index (χ1) is 15.2. The second-order valence-corrected chi connectivity index (χ2v) is 8.65. The molecule has 0 bridgehead atoms. The van der Waals surface area contributed by atoms with Crippen molar-refractivity contribution in [1.82, 2.24) is 9.80 Å². The zero-order valence-corrected chi connectivity index (χ0v) is 18.8. The van der Waals surface area contributed by atoms with Crippen molar-refractivity contribution in [2.45, 2.75) is 58.3 Å². The van der Waals surface area contributed by atoms with E-state index in [0.29, 0.717) is 24.8 Å². The summed E-state index contributed by atoms with van der Waals surface area (Å²) in [7, 11) is 0. The van der Waals surface area contributed by atoms with Gasteiger partial charge in [-0.15, -0.1) is 0 Å². The van der Waals surface area contributed by atoms with Gasteiger partial charge in [0.05, 0.1) is 5.56 Å². The van der Waals surface area contributed by atoms with Crippen LogP contribution < -0.4 is 5.32 Å². The highest BCUT2D eigenvalue weighted by molar-refractivity contribution is 5.89. The molecule has 0 spiro atoms. The molecule has 1 saturated heterocycles. The van der Waals surface area contributed by atoms with E-state index in [-0.39, 0.29) is 6.03 Å². The maximum atomic E-state index is 13.0. The molecule has 1 N–H and O–H groups in total. The number of amides is 2. The van der Waals surface area contributed by atoms with Crippen molar-refractivity contribution in [2.24, 2.45) is 0 Å². The van der Waals surface area contributed by atoms with Gasteiger partial charge in [-0.1, -0.05) is 36.2 Å². The van der Waals surface area contributed by atoms with Gasteiger partial charge in [0.2, 0.25) is 0 Å². The SMILES string of the molecule is Cc1ccc(CN(CCCN2CCCCC2C)C(=O)Nc2ccc(C(F)(F)F)cc2)cc1. The third-order valence-corrected chi connectivity index (χ3v) is 6.06. The fraction of sp³-hybridized carbons (Fsp3) is 0.480. The van der Waals surface area contributed by atoms with E-state index >= 15 is 0 Å². The minimum Gasteiger partial charge on any atom is -0.320 e. The van der Waals surface area contributed by atoms with Gasteiger partial charge in [-0.3, -0.25) is 0 Å². The predicted octanol–water partition coefficient (Wildman–Crippen LogP) is 6.31. The molecule has 2 aromatic rings. The highest BCUT2D eigenvalue weighted by Crippen LogP contribution is 2.30. The minimum absolute atomic E-state index is 0.308. The molecule has 1 unspecified atom stereocenters. The molecule has 0 aromatic heterocycles. The molecule has 32 heavy (non-hydrogen) atoms. The number of carbonyl (C=O) groups excluding carboxylic acids is 1. The van der Waals surface area contributed by atoms with Crippen molar-refractivity contribution in [3.8, 4) is 0 Å². The molecular formula is C25H32F3N3O. The van der Waals surface area contributed by atoms with E-state index in [4.69, 9.17) is 0 Å². The molecule has 1 aliphatic rings. The van der Waals surface area contributed by atoms with Gasteiger partial charge in [0.1, 0.15) is 0 Å². The third-order valence-electron chi connectivity index (χ3n) is 6.06. The van der Waals surface area contributed by atoms with Gasteiger partial charge in [0.15, 0.2) is 0 Å². The van der Waals surface area contributed by atoms with Crippen LogP contribution in [0, 0.1) is 6.92 Å². The number of hydrogen-bond donors (Lipinski definition) is 1. The first-order valence-corrected chi connectivity index (χ1v) is 11.2. The van der Waals surface area contributed by atoms with E-state index in [1.165, 1.54) is 31.4 Å². The minimum atomic E-state index is -4.40. The Bertz CT molecular complexity index is 865. The summed E-state index contributed by atoms with van der Waals surface area (Å²) in [6, 6.07) is 12.8. The van der Waals surface area contributed by atoms with Gasteiger partial charge in [-0.05, 0) is 69.5 Å². The third kappa shape index (κ3) is 6.99. The zero-order valence-electron chi connectivity index (χ0n) is 18.8. The number of nitrogens with zero attached hydrogens (tertiary/aromatic N) is 2. The summed E-state index contributed by atoms with van der Waals surface area (Å²) in [6.07, 6.45) is 0.141. The number of nitrogens with one attached hydrogen (secondary N) is 1. The van der Waals surface area contributed by atoms with Crippen molar-refractivity contribution < 1.29 is 18.0 Å². The van der Waals surface area contributed by atoms with Gasteiger partial charge in [0.25, 0.3) is 0 Å². The van der Waals surface area contributed by atoms with Crippen LogP contribution in [-0.4, -0.2) is 41.5 Å². The summed E-state index contributed by atoms with van der Waals surface area (Å²) in [5.74, 6) is 0. The summed E-state index contributed by atoms with van der Waals surface area (Å²) < 4.78 is 38.4. The standard InChI is InChI=1S/C25H32F3N3O/c1-19-7-9-21(10-8-19)18-31(17-5-16-30-15-4-3-6-20(30)2)24(32)29-23-13-11-22(12-14-23)25(26,27)28/h7-14,20H,3-6,15-18H2,1-2H3,(H,29,32). The van der Waals surface area contributed by atoms with E-state index in [2.05, 4.69) is 17.1 Å². The first-order valence-electron chi connectivity index (χ1n) is 11.2. The molecule has 4 nitrogen and oxygen atoms in total. The number of likely N-dealkylation sites (tertiary alicyclic amines) is 1. The molecule has 0 radical (unpaired) electrons. The lowest BCUT2D eigenvalue weighted by molar-refractivity contribution is -0.137. The van der Waals surface area contributed by atoms with Crippen molar-refractivity contribution in [3.05, 3.63) is 65.2 Å². The Morgan fingerprint density at radius 1 is 1.09 bits per heavy atom. The van der Waals surface area contributed by atoms with Crippen LogP contribution in [0.2, 0.25) is 0 Å². The van der Waals surface area contributed by atoms with Crippen molar-refractivity contribution in [1.29, 1.82) is 0 Å². The monoisotopic (exact) mass is 447 g/mol. The summed E-state index contributed by atoms with van der Waals surface area (Å²) in [6.45, 7) is 7.31.